The second-order valence-electron chi connectivity index (χ2n) is 8.66. The molecule has 0 fully saturated rings. The van der Waals surface area contributed by atoms with Gasteiger partial charge in [0.05, 0.1) is 0 Å². The van der Waals surface area contributed by atoms with Gasteiger partial charge in [0, 0.05) is 26.3 Å². The number of nitrogens with zero attached hydrogens (tertiary/aromatic N) is 1. The van der Waals surface area contributed by atoms with Crippen molar-refractivity contribution in [3.63, 3.8) is 0 Å². The molecule has 1 nitrogen and oxygen atoms in total. The molecule has 5 rings (SSSR count). The number of benzene rings is 3. The molecule has 1 radical (unpaired) electrons. The van der Waals surface area contributed by atoms with Crippen LogP contribution in [0.3, 0.4) is 0 Å². The maximum atomic E-state index is 4.86. The summed E-state index contributed by atoms with van der Waals surface area (Å²) in [5.74, 6) is 0.964. The molecule has 3 aromatic carbocycles. The molecule has 145 valence electrons. The summed E-state index contributed by atoms with van der Waals surface area (Å²) in [6.45, 7) is 9.59. The molecule has 2 aliphatic heterocycles. The maximum absolute atomic E-state index is 4.86. The first-order chi connectivity index (χ1) is 13.6. The van der Waals surface area contributed by atoms with Gasteiger partial charge in [-0.25, -0.2) is 0 Å². The van der Waals surface area contributed by atoms with Crippen molar-refractivity contribution in [3.8, 4) is 0 Å². The van der Waals surface area contributed by atoms with Gasteiger partial charge in [-0.1, -0.05) is 86.1 Å². The summed E-state index contributed by atoms with van der Waals surface area (Å²) in [6.07, 6.45) is 2.05. The van der Waals surface area contributed by atoms with Crippen LogP contribution in [-0.4, -0.2) is 19.8 Å². The molecule has 0 spiro atoms. The summed E-state index contributed by atoms with van der Waals surface area (Å²) in [4.78, 5) is 4.86. The minimum absolute atomic E-state index is 0. The van der Waals surface area contributed by atoms with Crippen molar-refractivity contribution in [3.05, 3.63) is 77.4 Å². The number of rotatable bonds is 3. The minimum Gasteiger partial charge on any atom is -0.338 e. The summed E-state index contributed by atoms with van der Waals surface area (Å²) in [5, 5.41) is 0. The monoisotopic (exact) mass is 553 g/mol. The molecular formula is C25H24B2IrN-. The Hall–Kier alpha value is -1.89. The fourth-order valence-corrected chi connectivity index (χ4v) is 5.10. The van der Waals surface area contributed by atoms with Gasteiger partial charge in [-0.3, -0.25) is 0 Å². The van der Waals surface area contributed by atoms with E-state index in [2.05, 4.69) is 82.3 Å². The van der Waals surface area contributed by atoms with Gasteiger partial charge in [-0.15, -0.1) is 0 Å². The summed E-state index contributed by atoms with van der Waals surface area (Å²) >= 11 is 0. The van der Waals surface area contributed by atoms with Crippen LogP contribution in [0.25, 0.3) is 0 Å². The SMILES string of the molecule is CC(C)c1cccc(C(C)C)c1B1c2ccc[c-]c2B2N=Cc3cccc1c32.[Ir]. The molecule has 0 saturated carbocycles. The molecule has 0 saturated heterocycles. The van der Waals surface area contributed by atoms with E-state index in [0.717, 1.165) is 0 Å². The standard InChI is InChI=1S/C25H24B2N.Ir/c1-16(2)19-10-8-11-20(17(3)4)25(19)26-21-12-5-6-13-22(21)27-24-18(15-28-27)9-7-14-23(24)26;/h5-12,14-17H,1-4H3;/q-1;. The second kappa shape index (κ2) is 7.74. The zero-order valence-corrected chi connectivity index (χ0v) is 19.8. The number of hydrogen-bond donors (Lipinski definition) is 0. The first-order valence-corrected chi connectivity index (χ1v) is 10.4. The Morgan fingerprint density at radius 2 is 1.45 bits per heavy atom. The van der Waals surface area contributed by atoms with Gasteiger partial charge in [-0.05, 0) is 22.9 Å². The minimum atomic E-state index is 0. The molecule has 0 aliphatic carbocycles. The Balaban J connectivity index is 0.00000205. The summed E-state index contributed by atoms with van der Waals surface area (Å²) in [7, 11) is 0. The second-order valence-corrected chi connectivity index (χ2v) is 8.66. The van der Waals surface area contributed by atoms with Crippen LogP contribution in [0, 0.1) is 6.07 Å². The summed E-state index contributed by atoms with van der Waals surface area (Å²) in [6, 6.07) is 23.6. The van der Waals surface area contributed by atoms with Crippen molar-refractivity contribution < 1.29 is 20.1 Å². The van der Waals surface area contributed by atoms with Crippen LogP contribution in [0.15, 0.2) is 59.5 Å². The van der Waals surface area contributed by atoms with E-state index in [0.29, 0.717) is 11.8 Å². The third kappa shape index (κ3) is 3.09. The average molecular weight is 552 g/mol. The summed E-state index contributed by atoms with van der Waals surface area (Å²) in [5.41, 5.74) is 11.1. The van der Waals surface area contributed by atoms with Gasteiger partial charge in [0.15, 0.2) is 6.71 Å². The Bertz CT molecular complexity index is 1080. The van der Waals surface area contributed by atoms with E-state index in [4.69, 9.17) is 4.90 Å². The average Bonchev–Trinajstić information content (AvgIpc) is 3.13. The topological polar surface area (TPSA) is 12.4 Å². The fraction of sp³-hybridized carbons (Fsp3) is 0.240. The molecule has 0 bridgehead atoms. The van der Waals surface area contributed by atoms with E-state index in [9.17, 15) is 0 Å². The maximum Gasteiger partial charge on any atom is 0.319 e. The van der Waals surface area contributed by atoms with Crippen LogP contribution in [0.2, 0.25) is 0 Å². The zero-order valence-electron chi connectivity index (χ0n) is 17.4. The van der Waals surface area contributed by atoms with Crippen LogP contribution in [0.5, 0.6) is 0 Å². The third-order valence-electron chi connectivity index (χ3n) is 6.33. The fourth-order valence-electron chi connectivity index (χ4n) is 5.10. The predicted molar refractivity (Wildman–Crippen MR) is 124 cm³/mol. The molecule has 0 amide bonds. The Kier molecular flexibility index (Phi) is 5.44. The number of hydrogen-bond acceptors (Lipinski definition) is 1. The van der Waals surface area contributed by atoms with Gasteiger partial charge in [-0.2, -0.15) is 35.2 Å². The van der Waals surface area contributed by atoms with Crippen molar-refractivity contribution >= 4 is 47.1 Å². The molecule has 0 atom stereocenters. The van der Waals surface area contributed by atoms with Crippen LogP contribution in [-0.2, 0) is 20.1 Å². The van der Waals surface area contributed by atoms with E-state index in [1.165, 1.54) is 44.0 Å². The molecule has 3 aromatic rings. The smallest absolute Gasteiger partial charge is 0.319 e. The first kappa shape index (κ1) is 20.4. The Morgan fingerprint density at radius 3 is 2.14 bits per heavy atom. The molecule has 2 aliphatic rings. The van der Waals surface area contributed by atoms with E-state index in [1.807, 2.05) is 12.3 Å². The van der Waals surface area contributed by atoms with E-state index >= 15 is 0 Å². The number of fused-ring (bicyclic) bond motifs is 2. The molecule has 0 unspecified atom stereocenters. The molecule has 0 aromatic heterocycles. The van der Waals surface area contributed by atoms with Crippen LogP contribution >= 0.6 is 0 Å². The van der Waals surface area contributed by atoms with Crippen molar-refractivity contribution in [2.24, 2.45) is 4.90 Å². The molecule has 4 heteroatoms. The molecule has 2 heterocycles. The van der Waals surface area contributed by atoms with Crippen molar-refractivity contribution in [2.75, 3.05) is 0 Å². The Labute approximate surface area is 188 Å². The van der Waals surface area contributed by atoms with Gasteiger partial charge in [0.2, 0.25) is 0 Å². The normalized spacial score (nSPS) is 13.6. The summed E-state index contributed by atoms with van der Waals surface area (Å²) < 4.78 is 0. The Morgan fingerprint density at radius 1 is 0.793 bits per heavy atom. The van der Waals surface area contributed by atoms with Gasteiger partial charge in [0.25, 0.3) is 0 Å². The third-order valence-corrected chi connectivity index (χ3v) is 6.33. The molecule has 29 heavy (non-hydrogen) atoms. The molecule has 0 N–H and O–H groups in total. The van der Waals surface area contributed by atoms with Gasteiger partial charge >= 0.3 is 6.85 Å². The van der Waals surface area contributed by atoms with E-state index < -0.39 is 0 Å². The van der Waals surface area contributed by atoms with Crippen LogP contribution in [0.4, 0.5) is 0 Å². The zero-order chi connectivity index (χ0) is 19.4. The van der Waals surface area contributed by atoms with E-state index in [1.54, 1.807) is 0 Å². The van der Waals surface area contributed by atoms with Gasteiger partial charge < -0.3 is 4.90 Å². The molecular weight excluding hydrogens is 528 g/mol. The van der Waals surface area contributed by atoms with Gasteiger partial charge in [0.1, 0.15) is 0 Å². The van der Waals surface area contributed by atoms with Crippen molar-refractivity contribution in [2.45, 2.75) is 39.5 Å². The van der Waals surface area contributed by atoms with Crippen LogP contribution in [0.1, 0.15) is 56.2 Å². The van der Waals surface area contributed by atoms with Crippen molar-refractivity contribution in [1.82, 2.24) is 0 Å². The predicted octanol–water partition coefficient (Wildman–Crippen LogP) is 2.10. The van der Waals surface area contributed by atoms with Crippen LogP contribution < -0.4 is 27.3 Å². The first-order valence-electron chi connectivity index (χ1n) is 10.4. The largest absolute Gasteiger partial charge is 0.338 e. The van der Waals surface area contributed by atoms with Crippen molar-refractivity contribution in [1.29, 1.82) is 0 Å². The van der Waals surface area contributed by atoms with E-state index in [-0.39, 0.29) is 33.7 Å². The quantitative estimate of drug-likeness (QED) is 0.349.